The molecule has 8 aliphatic carbocycles. The molecule has 0 amide bonds. The molecule has 4 saturated carbocycles. The molecule has 5 heteroatoms. The van der Waals surface area contributed by atoms with Crippen LogP contribution >= 0.6 is 0 Å². The number of sulfone groups is 1. The second-order valence-electron chi connectivity index (χ2n) is 20.1. The summed E-state index contributed by atoms with van der Waals surface area (Å²) in [5.41, 5.74) is 14.3. The van der Waals surface area contributed by atoms with E-state index in [9.17, 15) is 0 Å². The maximum atomic E-state index is 16.2. The summed E-state index contributed by atoms with van der Waals surface area (Å²) in [6.45, 7) is 0. The first-order valence-electron chi connectivity index (χ1n) is 22.6. The van der Waals surface area contributed by atoms with Crippen molar-refractivity contribution >= 4 is 53.4 Å². The lowest BCUT2D eigenvalue weighted by Gasteiger charge is -2.38. The van der Waals surface area contributed by atoms with Gasteiger partial charge in [-0.1, -0.05) is 72.8 Å². The highest BCUT2D eigenvalue weighted by atomic mass is 32.2. The van der Waals surface area contributed by atoms with E-state index in [1.165, 1.54) is 116 Å². The van der Waals surface area contributed by atoms with Gasteiger partial charge in [0.2, 0.25) is 9.84 Å². The van der Waals surface area contributed by atoms with Crippen LogP contribution in [0.1, 0.15) is 110 Å². The largest absolute Gasteiger partial charge is 0.309 e. The standard InChI is InChI=1S/C54H46N2O2S/c57-59(58)53-41(27-47(49-33-19-29-17-30(20-33)24-35(23-29)51(49)53)55-43-13-5-1-9-37(43)38-10-2-6-14-44(38)55)42-28-48(56-45-15-7-3-11-39(45)40-12-4-8-16-46(40)56)50-34-21-31-18-32(22-34)26-36(25-31)52(50)54(42)59/h1-16,27-36H,17-26H2. The van der Waals surface area contributed by atoms with Gasteiger partial charge in [-0.3, -0.25) is 0 Å². The normalized spacial score (nSPS) is 28.9. The molecule has 59 heavy (non-hydrogen) atoms. The zero-order valence-electron chi connectivity index (χ0n) is 33.2. The molecule has 0 N–H and O–H groups in total. The second kappa shape index (κ2) is 11.2. The second-order valence-corrected chi connectivity index (χ2v) is 21.9. The SMILES string of the molecule is O=S1(=O)c2c(cc(-n3c4ccccc4c4ccccc43)c3c2C2CC4CC(CC3C4)C2)-c2cc(-n3c4ccccc4c4ccccc43)c3c(c21)C1CC2CC(CC3C2)C1. The highest BCUT2D eigenvalue weighted by molar-refractivity contribution is 7.92. The number of benzene rings is 6. The molecule has 8 aromatic rings. The van der Waals surface area contributed by atoms with E-state index in [2.05, 4.69) is 118 Å². The summed E-state index contributed by atoms with van der Waals surface area (Å²) in [5, 5.41) is 5.04. The van der Waals surface area contributed by atoms with E-state index in [4.69, 9.17) is 0 Å². The summed E-state index contributed by atoms with van der Waals surface area (Å²) in [7, 11) is -3.82. The van der Waals surface area contributed by atoms with Crippen molar-refractivity contribution in [1.82, 2.24) is 9.13 Å². The fourth-order valence-corrected chi connectivity index (χ4v) is 17.8. The summed E-state index contributed by atoms with van der Waals surface area (Å²) in [6.07, 6.45) is 11.8. The van der Waals surface area contributed by atoms with Gasteiger partial charge < -0.3 is 9.13 Å². The summed E-state index contributed by atoms with van der Waals surface area (Å²) >= 11 is 0. The van der Waals surface area contributed by atoms with Crippen molar-refractivity contribution < 1.29 is 8.42 Å². The molecular formula is C54H46N2O2S. The van der Waals surface area contributed by atoms with Crippen LogP contribution in [0.2, 0.25) is 0 Å². The van der Waals surface area contributed by atoms with Gasteiger partial charge in [-0.05, 0) is 170 Å². The zero-order valence-corrected chi connectivity index (χ0v) is 34.0. The fraction of sp³-hybridized carbons (Fsp3) is 0.333. The lowest BCUT2D eigenvalue weighted by atomic mass is 9.67. The minimum atomic E-state index is -3.82. The molecule has 3 heterocycles. The summed E-state index contributed by atoms with van der Waals surface area (Å²) in [5.74, 6) is 3.96. The van der Waals surface area contributed by atoms with Crippen LogP contribution in [0.3, 0.4) is 0 Å². The topological polar surface area (TPSA) is 44.0 Å². The minimum absolute atomic E-state index is 0.273. The molecule has 0 spiro atoms. The van der Waals surface area contributed by atoms with Crippen LogP contribution in [0, 0.1) is 23.7 Å². The number of hydrogen-bond acceptors (Lipinski definition) is 2. The first kappa shape index (κ1) is 32.7. The Balaban J connectivity index is 1.12. The van der Waals surface area contributed by atoms with Gasteiger partial charge in [-0.25, -0.2) is 8.42 Å². The predicted molar refractivity (Wildman–Crippen MR) is 237 cm³/mol. The van der Waals surface area contributed by atoms with Gasteiger partial charge in [-0.15, -0.1) is 0 Å². The summed E-state index contributed by atoms with van der Waals surface area (Å²) < 4.78 is 37.6. The quantitative estimate of drug-likeness (QED) is 0.175. The molecule has 0 radical (unpaired) electrons. The number of aromatic nitrogens is 2. The first-order chi connectivity index (χ1) is 29.0. The average molecular weight is 787 g/mol. The Morgan fingerprint density at radius 2 is 0.661 bits per heavy atom. The highest BCUT2D eigenvalue weighted by Crippen LogP contribution is 2.65. The van der Waals surface area contributed by atoms with Crippen molar-refractivity contribution in [2.24, 2.45) is 23.7 Å². The van der Waals surface area contributed by atoms with Gasteiger partial charge in [0.25, 0.3) is 0 Å². The summed E-state index contributed by atoms with van der Waals surface area (Å²) in [6, 6.07) is 40.3. The number of fused-ring (bicyclic) bond motifs is 9. The highest BCUT2D eigenvalue weighted by Gasteiger charge is 2.52. The average Bonchev–Trinajstić information content (AvgIpc) is 3.72. The predicted octanol–water partition coefficient (Wildman–Crippen LogP) is 13.5. The molecule has 2 aromatic heterocycles. The Bertz CT molecular complexity index is 2980. The van der Waals surface area contributed by atoms with Crippen molar-refractivity contribution in [2.45, 2.75) is 97.7 Å². The zero-order chi connectivity index (χ0) is 38.5. The smallest absolute Gasteiger partial charge is 0.208 e. The molecule has 0 saturated heterocycles. The van der Waals surface area contributed by atoms with E-state index in [-0.39, 0.29) is 11.8 Å². The molecular weight excluding hydrogens is 741 g/mol. The Kier molecular flexibility index (Phi) is 6.19. The third kappa shape index (κ3) is 4.09. The van der Waals surface area contributed by atoms with Gasteiger partial charge in [0, 0.05) is 32.7 Å². The van der Waals surface area contributed by atoms with Gasteiger partial charge in [0.1, 0.15) is 0 Å². The molecule has 6 aromatic carbocycles. The van der Waals surface area contributed by atoms with Gasteiger partial charge in [0.05, 0.1) is 43.2 Å². The number of para-hydroxylation sites is 4. The van der Waals surface area contributed by atoms with Crippen LogP contribution in [0.25, 0.3) is 66.1 Å². The van der Waals surface area contributed by atoms with E-state index in [1.807, 2.05) is 0 Å². The van der Waals surface area contributed by atoms with Crippen LogP contribution < -0.4 is 0 Å². The van der Waals surface area contributed by atoms with Crippen LogP contribution in [0.4, 0.5) is 0 Å². The van der Waals surface area contributed by atoms with E-state index < -0.39 is 9.84 Å². The van der Waals surface area contributed by atoms with Crippen molar-refractivity contribution in [3.05, 3.63) is 131 Å². The van der Waals surface area contributed by atoms with Crippen LogP contribution in [-0.4, -0.2) is 17.6 Å². The van der Waals surface area contributed by atoms with Crippen LogP contribution in [0.5, 0.6) is 0 Å². The number of hydrogen-bond donors (Lipinski definition) is 0. The first-order valence-corrected chi connectivity index (χ1v) is 24.1. The molecule has 4 atom stereocenters. The molecule has 4 nitrogen and oxygen atoms in total. The van der Waals surface area contributed by atoms with E-state index in [0.717, 1.165) is 36.8 Å². The maximum Gasteiger partial charge on any atom is 0.208 e. The molecule has 4 fully saturated rings. The third-order valence-corrected chi connectivity index (χ3v) is 19.0. The minimum Gasteiger partial charge on any atom is -0.309 e. The van der Waals surface area contributed by atoms with E-state index in [0.29, 0.717) is 45.3 Å². The molecule has 9 aliphatic rings. The third-order valence-electron chi connectivity index (χ3n) is 17.1. The van der Waals surface area contributed by atoms with Crippen molar-refractivity contribution in [2.75, 3.05) is 0 Å². The Morgan fingerprint density at radius 3 is 0.983 bits per heavy atom. The van der Waals surface area contributed by atoms with E-state index in [1.54, 1.807) is 0 Å². The maximum absolute atomic E-state index is 16.2. The van der Waals surface area contributed by atoms with E-state index >= 15 is 8.42 Å². The molecule has 290 valence electrons. The van der Waals surface area contributed by atoms with Gasteiger partial charge >= 0.3 is 0 Å². The number of nitrogens with zero attached hydrogens (tertiary/aromatic N) is 2. The van der Waals surface area contributed by atoms with Crippen LogP contribution in [-0.2, 0) is 9.84 Å². The Morgan fingerprint density at radius 1 is 0.373 bits per heavy atom. The Hall–Kier alpha value is -5.13. The van der Waals surface area contributed by atoms with Crippen molar-refractivity contribution in [3.8, 4) is 22.5 Å². The van der Waals surface area contributed by atoms with Crippen molar-refractivity contribution in [3.63, 3.8) is 0 Å². The molecule has 8 bridgehead atoms. The molecule has 17 rings (SSSR count). The lowest BCUT2D eigenvalue weighted by molar-refractivity contribution is 0.165. The van der Waals surface area contributed by atoms with Gasteiger partial charge in [0.15, 0.2) is 0 Å². The fourth-order valence-electron chi connectivity index (χ4n) is 15.5. The number of rotatable bonds is 2. The molecule has 1 aliphatic heterocycles. The van der Waals surface area contributed by atoms with Gasteiger partial charge in [-0.2, -0.15) is 0 Å². The van der Waals surface area contributed by atoms with Crippen molar-refractivity contribution in [1.29, 1.82) is 0 Å². The lowest BCUT2D eigenvalue weighted by Crippen LogP contribution is -2.26. The molecule has 4 unspecified atom stereocenters. The summed E-state index contributed by atoms with van der Waals surface area (Å²) in [4.78, 5) is 1.38. The Labute approximate surface area is 344 Å². The van der Waals surface area contributed by atoms with Crippen LogP contribution in [0.15, 0.2) is 119 Å². The monoisotopic (exact) mass is 786 g/mol.